The summed E-state index contributed by atoms with van der Waals surface area (Å²) < 4.78 is 16.5. The first-order valence-electron chi connectivity index (χ1n) is 8.80. The molecule has 140 valence electrons. The number of nitrogens with zero attached hydrogens (tertiary/aromatic N) is 2. The van der Waals surface area contributed by atoms with Gasteiger partial charge >= 0.3 is 0 Å². The van der Waals surface area contributed by atoms with Crippen LogP contribution in [0.25, 0.3) is 11.5 Å². The zero-order valence-electron chi connectivity index (χ0n) is 15.2. The lowest BCUT2D eigenvalue weighted by molar-refractivity contribution is -0.132. The zero-order chi connectivity index (χ0) is 18.4. The second-order valence-corrected chi connectivity index (χ2v) is 6.95. The average molecular weight is 376 g/mol. The first-order chi connectivity index (χ1) is 12.7. The van der Waals surface area contributed by atoms with Crippen molar-refractivity contribution in [2.75, 3.05) is 38.7 Å². The topological polar surface area (TPSA) is 64.8 Å². The van der Waals surface area contributed by atoms with Crippen molar-refractivity contribution in [3.8, 4) is 17.2 Å². The number of ether oxygens (including phenoxy) is 2. The second kappa shape index (κ2) is 9.09. The van der Waals surface area contributed by atoms with Crippen molar-refractivity contribution in [1.82, 2.24) is 9.88 Å². The summed E-state index contributed by atoms with van der Waals surface area (Å²) in [5, 5.41) is 0. The molecule has 1 aromatic carbocycles. The van der Waals surface area contributed by atoms with Gasteiger partial charge in [-0.3, -0.25) is 4.79 Å². The SMILES string of the molecule is CCOc1ccc(-c2nc(CSCC(=O)N3CCOCC3)c(C)o2)cc1. The second-order valence-electron chi connectivity index (χ2n) is 5.97. The van der Waals surface area contributed by atoms with Gasteiger partial charge in [0.05, 0.1) is 31.3 Å². The lowest BCUT2D eigenvalue weighted by Crippen LogP contribution is -2.41. The number of carbonyl (C=O) groups excluding carboxylic acids is 1. The molecule has 1 saturated heterocycles. The Morgan fingerprint density at radius 2 is 2.00 bits per heavy atom. The molecule has 1 amide bonds. The summed E-state index contributed by atoms with van der Waals surface area (Å²) in [6.45, 7) is 7.13. The molecule has 3 rings (SSSR count). The molecule has 0 N–H and O–H groups in total. The van der Waals surface area contributed by atoms with Crippen LogP contribution in [0.1, 0.15) is 18.4 Å². The molecule has 1 fully saturated rings. The maximum Gasteiger partial charge on any atom is 0.232 e. The Morgan fingerprint density at radius 1 is 1.27 bits per heavy atom. The number of carbonyl (C=O) groups is 1. The van der Waals surface area contributed by atoms with E-state index in [2.05, 4.69) is 4.98 Å². The summed E-state index contributed by atoms with van der Waals surface area (Å²) in [5.74, 6) is 3.48. The standard InChI is InChI=1S/C19H24N2O4S/c1-3-24-16-6-4-15(5-7-16)19-20-17(14(2)25-19)12-26-13-18(22)21-8-10-23-11-9-21/h4-7H,3,8-13H2,1-2H3. The van der Waals surface area contributed by atoms with Gasteiger partial charge < -0.3 is 18.8 Å². The van der Waals surface area contributed by atoms with Gasteiger partial charge in [0.2, 0.25) is 11.8 Å². The number of hydrogen-bond donors (Lipinski definition) is 0. The van der Waals surface area contributed by atoms with E-state index in [9.17, 15) is 4.79 Å². The van der Waals surface area contributed by atoms with E-state index < -0.39 is 0 Å². The van der Waals surface area contributed by atoms with Crippen LogP contribution in [0.4, 0.5) is 0 Å². The average Bonchev–Trinajstić information content (AvgIpc) is 3.04. The van der Waals surface area contributed by atoms with Crippen molar-refractivity contribution >= 4 is 17.7 Å². The molecule has 2 heterocycles. The van der Waals surface area contributed by atoms with Crippen molar-refractivity contribution in [3.63, 3.8) is 0 Å². The highest BCUT2D eigenvalue weighted by molar-refractivity contribution is 7.99. The van der Waals surface area contributed by atoms with Gasteiger partial charge in [0.25, 0.3) is 0 Å². The van der Waals surface area contributed by atoms with Crippen LogP contribution >= 0.6 is 11.8 Å². The molecule has 0 atom stereocenters. The van der Waals surface area contributed by atoms with E-state index in [4.69, 9.17) is 13.9 Å². The normalized spacial score (nSPS) is 14.5. The van der Waals surface area contributed by atoms with Crippen LogP contribution < -0.4 is 4.74 Å². The summed E-state index contributed by atoms with van der Waals surface area (Å²) in [5.41, 5.74) is 1.80. The van der Waals surface area contributed by atoms with Gasteiger partial charge in [-0.25, -0.2) is 4.98 Å². The summed E-state index contributed by atoms with van der Waals surface area (Å²) in [6, 6.07) is 7.70. The Hall–Kier alpha value is -1.99. The lowest BCUT2D eigenvalue weighted by Gasteiger charge is -2.26. The summed E-state index contributed by atoms with van der Waals surface area (Å²) in [6.07, 6.45) is 0. The Kier molecular flexibility index (Phi) is 6.57. The quantitative estimate of drug-likeness (QED) is 0.740. The van der Waals surface area contributed by atoms with Gasteiger partial charge in [-0.1, -0.05) is 0 Å². The lowest BCUT2D eigenvalue weighted by atomic mass is 10.2. The summed E-state index contributed by atoms with van der Waals surface area (Å²) in [7, 11) is 0. The number of morpholine rings is 1. The highest BCUT2D eigenvalue weighted by atomic mass is 32.2. The van der Waals surface area contributed by atoms with Crippen molar-refractivity contribution < 1.29 is 18.7 Å². The molecule has 1 aliphatic rings. The highest BCUT2D eigenvalue weighted by Gasteiger charge is 2.17. The molecule has 0 saturated carbocycles. The van der Waals surface area contributed by atoms with E-state index in [1.807, 2.05) is 43.0 Å². The molecule has 0 unspecified atom stereocenters. The molecule has 1 aliphatic heterocycles. The minimum absolute atomic E-state index is 0.159. The van der Waals surface area contributed by atoms with Crippen LogP contribution in [-0.2, 0) is 15.3 Å². The Morgan fingerprint density at radius 3 is 2.69 bits per heavy atom. The summed E-state index contributed by atoms with van der Waals surface area (Å²) in [4.78, 5) is 18.6. The number of rotatable bonds is 7. The zero-order valence-corrected chi connectivity index (χ0v) is 16.0. The third-order valence-corrected chi connectivity index (χ3v) is 5.06. The molecule has 0 aliphatic carbocycles. The van der Waals surface area contributed by atoms with Crippen LogP contribution in [-0.4, -0.2) is 54.5 Å². The molecular weight excluding hydrogens is 352 g/mol. The Bertz CT molecular complexity index is 724. The fourth-order valence-electron chi connectivity index (χ4n) is 2.68. The van der Waals surface area contributed by atoms with Crippen molar-refractivity contribution in [1.29, 1.82) is 0 Å². The van der Waals surface area contributed by atoms with E-state index >= 15 is 0 Å². The molecule has 1 aromatic heterocycles. The van der Waals surface area contributed by atoms with Crippen LogP contribution in [0.15, 0.2) is 28.7 Å². The molecule has 0 bridgehead atoms. The summed E-state index contributed by atoms with van der Waals surface area (Å²) >= 11 is 1.57. The third-order valence-electron chi connectivity index (χ3n) is 4.13. The van der Waals surface area contributed by atoms with Gasteiger partial charge in [0, 0.05) is 24.4 Å². The van der Waals surface area contributed by atoms with Gasteiger partial charge in [0.1, 0.15) is 11.5 Å². The number of benzene rings is 1. The van der Waals surface area contributed by atoms with E-state index in [-0.39, 0.29) is 5.91 Å². The van der Waals surface area contributed by atoms with Gasteiger partial charge in [-0.05, 0) is 38.1 Å². The number of hydrogen-bond acceptors (Lipinski definition) is 6. The van der Waals surface area contributed by atoms with E-state index in [1.165, 1.54) is 0 Å². The molecule has 26 heavy (non-hydrogen) atoms. The van der Waals surface area contributed by atoms with Gasteiger partial charge in [-0.2, -0.15) is 0 Å². The van der Waals surface area contributed by atoms with Gasteiger partial charge in [0.15, 0.2) is 0 Å². The number of amides is 1. The number of aryl methyl sites for hydroxylation is 1. The fraction of sp³-hybridized carbons (Fsp3) is 0.474. The Balaban J connectivity index is 1.55. The van der Waals surface area contributed by atoms with Crippen molar-refractivity contribution in [2.24, 2.45) is 0 Å². The number of aromatic nitrogens is 1. The predicted octanol–water partition coefficient (Wildman–Crippen LogP) is 3.14. The van der Waals surface area contributed by atoms with Crippen LogP contribution in [0.3, 0.4) is 0 Å². The Labute approximate surface area is 157 Å². The van der Waals surface area contributed by atoms with Crippen LogP contribution in [0.2, 0.25) is 0 Å². The predicted molar refractivity (Wildman–Crippen MR) is 101 cm³/mol. The van der Waals surface area contributed by atoms with Gasteiger partial charge in [-0.15, -0.1) is 11.8 Å². The van der Waals surface area contributed by atoms with E-state index in [0.717, 1.165) is 22.8 Å². The minimum atomic E-state index is 0.159. The maximum atomic E-state index is 12.2. The molecule has 2 aromatic rings. The molecule has 7 heteroatoms. The minimum Gasteiger partial charge on any atom is -0.494 e. The van der Waals surface area contributed by atoms with E-state index in [1.54, 1.807) is 11.8 Å². The first-order valence-corrected chi connectivity index (χ1v) is 9.95. The molecule has 0 radical (unpaired) electrons. The molecular formula is C19H24N2O4S. The molecule has 0 spiro atoms. The van der Waals surface area contributed by atoms with Crippen LogP contribution in [0, 0.1) is 6.92 Å². The molecule has 6 nitrogen and oxygen atoms in total. The van der Waals surface area contributed by atoms with Crippen molar-refractivity contribution in [3.05, 3.63) is 35.7 Å². The largest absolute Gasteiger partial charge is 0.494 e. The maximum absolute atomic E-state index is 12.2. The first kappa shape index (κ1) is 18.8. The van der Waals surface area contributed by atoms with Crippen LogP contribution in [0.5, 0.6) is 5.75 Å². The fourth-order valence-corrected chi connectivity index (χ4v) is 3.61. The van der Waals surface area contributed by atoms with Crippen molar-refractivity contribution in [2.45, 2.75) is 19.6 Å². The number of oxazole rings is 1. The highest BCUT2D eigenvalue weighted by Crippen LogP contribution is 2.26. The third kappa shape index (κ3) is 4.80. The number of thioether (sulfide) groups is 1. The van der Waals surface area contributed by atoms with E-state index in [0.29, 0.717) is 50.3 Å². The smallest absolute Gasteiger partial charge is 0.232 e. The monoisotopic (exact) mass is 376 g/mol.